The molecule has 440 valence electrons. The van der Waals surface area contributed by atoms with Gasteiger partial charge in [-0.1, -0.05) is 60.8 Å². The quantitative estimate of drug-likeness (QED) is 0.0206. The third kappa shape index (κ3) is 20.8. The number of aromatic nitrogens is 1. The minimum atomic E-state index is -0.109. The highest BCUT2D eigenvalue weighted by atomic mass is 79.9. The Kier molecular flexibility index (Phi) is 31.0. The maximum absolute atomic E-state index is 13.1. The number of thiocarbonyl (C=S) groups is 1. The van der Waals surface area contributed by atoms with Gasteiger partial charge >= 0.3 is 0 Å². The minimum Gasteiger partial charge on any atom is -0.382 e. The largest absolute Gasteiger partial charge is 0.382 e. The Labute approximate surface area is 512 Å². The van der Waals surface area contributed by atoms with Crippen LogP contribution < -0.4 is 41.7 Å². The van der Waals surface area contributed by atoms with Crippen LogP contribution in [0, 0.1) is 0 Å². The van der Waals surface area contributed by atoms with E-state index in [4.69, 9.17) is 33.2 Å². The van der Waals surface area contributed by atoms with Gasteiger partial charge < -0.3 is 51.2 Å². The molecule has 0 radical (unpaired) electrons. The topological polar surface area (TPSA) is 173 Å². The van der Waals surface area contributed by atoms with Gasteiger partial charge in [-0.3, -0.25) is 19.4 Å². The number of aliphatic imine (C=N–C) groups is 1. The molecule has 1 unspecified atom stereocenters. The maximum Gasteiger partial charge on any atom is 0.206 e. The lowest BCUT2D eigenvalue weighted by atomic mass is 10.1. The lowest BCUT2D eigenvalue weighted by molar-refractivity contribution is 0.102. The summed E-state index contributed by atoms with van der Waals surface area (Å²) < 4.78 is 10.7. The Hall–Kier alpha value is -4.41. The number of nitrogens with zero attached hydrogens (tertiary/aromatic N) is 8. The van der Waals surface area contributed by atoms with Crippen LogP contribution in [0.2, 0.25) is 0 Å². The van der Waals surface area contributed by atoms with Crippen LogP contribution in [0.5, 0.6) is 0 Å². The summed E-state index contributed by atoms with van der Waals surface area (Å²) in [5.74, 6) is 1.15. The molecule has 4 fully saturated rings. The molecule has 4 aliphatic rings. The van der Waals surface area contributed by atoms with Crippen LogP contribution in [0.4, 0.5) is 45.1 Å². The van der Waals surface area contributed by atoms with Crippen molar-refractivity contribution in [2.45, 2.75) is 61.6 Å². The van der Waals surface area contributed by atoms with E-state index in [1.165, 1.54) is 34.5 Å². The number of hydrogen-bond acceptors (Lipinski definition) is 16. The number of Topliss-reactive ketones (excluding diaryl/α,β-unsaturated/α-hetero) is 1. The summed E-state index contributed by atoms with van der Waals surface area (Å²) in [6.45, 7) is 26.2. The maximum atomic E-state index is 13.1. The van der Waals surface area contributed by atoms with Crippen LogP contribution in [0.3, 0.4) is 0 Å². The second-order valence-corrected chi connectivity index (χ2v) is 22.4. The molecule has 6 N–H and O–H groups in total. The number of thiazole rings is 1. The van der Waals surface area contributed by atoms with Crippen molar-refractivity contribution in [1.29, 1.82) is 0 Å². The lowest BCUT2D eigenvalue weighted by Gasteiger charge is -2.38. The summed E-state index contributed by atoms with van der Waals surface area (Å²) in [5.41, 5.74) is 19.9. The fraction of sp³-hybridized carbons (Fsp3) is 0.466. The van der Waals surface area contributed by atoms with Crippen molar-refractivity contribution in [1.82, 2.24) is 14.8 Å². The zero-order valence-corrected chi connectivity index (χ0v) is 52.9. The summed E-state index contributed by atoms with van der Waals surface area (Å²) in [6.07, 6.45) is 0. The number of thioether (sulfide) groups is 1. The summed E-state index contributed by atoms with van der Waals surface area (Å²) in [7, 11) is 0. The van der Waals surface area contributed by atoms with Gasteiger partial charge in [-0.2, -0.15) is 14.9 Å². The summed E-state index contributed by atoms with van der Waals surface area (Å²) in [5, 5.41) is 8.29. The smallest absolute Gasteiger partial charge is 0.206 e. The highest BCUT2D eigenvalue weighted by Crippen LogP contribution is 2.31. The molecule has 5 aromatic rings. The molecule has 0 saturated carbocycles. The van der Waals surface area contributed by atoms with Crippen LogP contribution in [-0.2, 0) is 9.47 Å². The fourth-order valence-corrected chi connectivity index (χ4v) is 11.1. The lowest BCUT2D eigenvalue weighted by Crippen LogP contribution is -2.48. The van der Waals surface area contributed by atoms with E-state index in [0.29, 0.717) is 43.3 Å². The number of nitrogens with two attached hydrogens (primary N) is 2. The van der Waals surface area contributed by atoms with Crippen molar-refractivity contribution in [3.05, 3.63) is 113 Å². The number of carbonyl (C=O) groups is 2. The number of alkyl halides is 1. The van der Waals surface area contributed by atoms with Gasteiger partial charge in [0, 0.05) is 136 Å². The Morgan fingerprint density at radius 1 is 0.662 bits per heavy atom. The molecule has 80 heavy (non-hydrogen) atoms. The number of nitrogens with one attached hydrogen (secondary N) is 2. The van der Waals surface area contributed by atoms with Gasteiger partial charge in [-0.15, -0.1) is 17.0 Å². The number of ketones is 2. The highest BCUT2D eigenvalue weighted by Gasteiger charge is 2.22. The molecule has 5 heterocycles. The average Bonchev–Trinajstić information content (AvgIpc) is 3.83. The number of morpholine rings is 2. The van der Waals surface area contributed by atoms with E-state index < -0.39 is 0 Å². The molecule has 4 aliphatic heterocycles. The highest BCUT2D eigenvalue weighted by molar-refractivity contribution is 9.09. The number of hydrogen-bond donors (Lipinski definition) is 4. The van der Waals surface area contributed by atoms with Gasteiger partial charge in [0.25, 0.3) is 0 Å². The molecule has 0 aliphatic carbocycles. The molecule has 22 heteroatoms. The Morgan fingerprint density at radius 2 is 1.05 bits per heavy atom. The summed E-state index contributed by atoms with van der Waals surface area (Å²) in [4.78, 5) is 48.0. The Morgan fingerprint density at radius 3 is 1.45 bits per heavy atom. The van der Waals surface area contributed by atoms with E-state index in [1.807, 2.05) is 79.7 Å². The van der Waals surface area contributed by atoms with E-state index >= 15 is 0 Å². The molecule has 16 nitrogen and oxygen atoms in total. The molecule has 9 rings (SSSR count). The predicted molar refractivity (Wildman–Crippen MR) is 362 cm³/mol. The third-order valence-corrected chi connectivity index (χ3v) is 16.0. The van der Waals surface area contributed by atoms with E-state index in [-0.39, 0.29) is 59.1 Å². The molecule has 4 aromatic carbocycles. The molecular formula is C58H87Br2N12O4PS3. The molecule has 1 atom stereocenters. The van der Waals surface area contributed by atoms with Crippen molar-refractivity contribution < 1.29 is 19.1 Å². The normalized spacial score (nSPS) is 15.8. The van der Waals surface area contributed by atoms with Crippen molar-refractivity contribution in [2.75, 3.05) is 152 Å². The van der Waals surface area contributed by atoms with E-state index in [1.54, 1.807) is 0 Å². The monoisotopic (exact) mass is 1300 g/mol. The first kappa shape index (κ1) is 69.9. The zero-order chi connectivity index (χ0) is 54.0. The first-order valence-corrected chi connectivity index (χ1v) is 29.6. The SMILES string of the molecule is Br.C.C.CC(C)N1CCN(c2ccc(Nc3nc(N)c(C(=O)c4ccc(N5CCOCC5)cc4)s3)cc2)CC1.CCSC(N)=NC(=S)Nc1ccc(N2CCN(C(C)C)CC2)cc1.O=C(CBr)c1ccc(N2CCOCC2)cc1.P. The first-order chi connectivity index (χ1) is 36.8. The minimum absolute atomic E-state index is 0. The van der Waals surface area contributed by atoms with Crippen molar-refractivity contribution in [3.63, 3.8) is 0 Å². The van der Waals surface area contributed by atoms with Crippen molar-refractivity contribution in [2.24, 2.45) is 10.7 Å². The van der Waals surface area contributed by atoms with Gasteiger partial charge in [0.1, 0.15) is 10.7 Å². The second-order valence-electron chi connectivity index (χ2n) is 19.2. The van der Waals surface area contributed by atoms with Gasteiger partial charge in [-0.25, -0.2) is 4.98 Å². The standard InChI is InChI=1S/C27H34N6O2S.C17H27N5S2.C12H14BrNO2.2CH4.BrH.H3P/c1-19(2)31-11-13-32(14-12-31)23-9-5-21(6-10-23)29-27-30-26(28)25(36-27)24(34)20-3-7-22(8-4-20)33-15-17-35-18-16-33;1-4-24-16(18)20-17(23)19-14-5-7-15(8-6-14)22-11-9-21(10-12-22)13(2)3;13-9-12(15)10-1-3-11(4-2-10)14-5-7-16-8-6-14;;;;/h3-10,19H,11-18,28H2,1-2H3,(H,29,30);5-8,13H,4,9-12H2,1-3H3,(H3,18,19,20,23);1-4H,5-9H2;2*1H4;1H;1H3. The second kappa shape index (κ2) is 35.6. The van der Waals surface area contributed by atoms with Crippen LogP contribution >= 0.6 is 78.1 Å². The van der Waals surface area contributed by atoms with Gasteiger partial charge in [0.05, 0.1) is 31.8 Å². The number of carbonyl (C=O) groups excluding carboxylic acids is 2. The van der Waals surface area contributed by atoms with Crippen molar-refractivity contribution in [3.8, 4) is 0 Å². The van der Waals surface area contributed by atoms with E-state index in [2.05, 4.69) is 118 Å². The third-order valence-electron chi connectivity index (χ3n) is 13.6. The van der Waals surface area contributed by atoms with Crippen molar-refractivity contribution >= 4 is 145 Å². The predicted octanol–water partition coefficient (Wildman–Crippen LogP) is 11.1. The number of nitrogen functional groups attached to an aromatic ring is 1. The number of amidine groups is 1. The molecule has 4 saturated heterocycles. The van der Waals surface area contributed by atoms with E-state index in [9.17, 15) is 9.59 Å². The number of anilines is 8. The van der Waals surface area contributed by atoms with Crippen LogP contribution in [0.1, 0.15) is 75.1 Å². The van der Waals surface area contributed by atoms with Gasteiger partial charge in [-0.05, 0) is 143 Å². The zero-order valence-electron chi connectivity index (χ0n) is 45.7. The first-order valence-electron chi connectivity index (χ1n) is 26.3. The van der Waals surface area contributed by atoms with E-state index in [0.717, 1.165) is 139 Å². The number of rotatable bonds is 14. The Bertz CT molecular complexity index is 2640. The van der Waals surface area contributed by atoms with Crippen LogP contribution in [0.15, 0.2) is 102 Å². The number of halogens is 2. The summed E-state index contributed by atoms with van der Waals surface area (Å²) in [6, 6.07) is 33.4. The summed E-state index contributed by atoms with van der Waals surface area (Å²) >= 11 is 11.2. The van der Waals surface area contributed by atoms with Crippen LogP contribution in [-0.4, -0.2) is 165 Å². The molecule has 0 spiro atoms. The molecular weight excluding hydrogens is 1220 g/mol. The number of benzene rings is 4. The number of piperazine rings is 2. The van der Waals surface area contributed by atoms with Gasteiger partial charge in [0.15, 0.2) is 21.2 Å². The van der Waals surface area contributed by atoms with Crippen LogP contribution in [0.25, 0.3) is 0 Å². The number of ether oxygens (including phenoxy) is 2. The van der Waals surface area contributed by atoms with Gasteiger partial charge in [0.2, 0.25) is 5.78 Å². The molecule has 0 amide bonds. The molecule has 0 bridgehead atoms. The average molecular weight is 1300 g/mol. The molecule has 1 aromatic heterocycles. The Balaban J connectivity index is 0.000000332. The fourth-order valence-electron chi connectivity index (χ4n) is 9.14.